The van der Waals surface area contributed by atoms with Crippen molar-refractivity contribution in [2.24, 2.45) is 0 Å². The van der Waals surface area contributed by atoms with E-state index in [2.05, 4.69) is 5.32 Å². The van der Waals surface area contributed by atoms with Crippen LogP contribution in [-0.2, 0) is 9.59 Å². The average Bonchev–Trinajstić information content (AvgIpc) is 2.74. The lowest BCUT2D eigenvalue weighted by atomic mass is 10.1. The number of carbonyl (C=O) groups is 2. The summed E-state index contributed by atoms with van der Waals surface area (Å²) in [6.07, 6.45) is 2.85. The van der Waals surface area contributed by atoms with Crippen LogP contribution in [0, 0.1) is 0 Å². The molecule has 1 aliphatic heterocycles. The number of nitrogens with one attached hydrogen (secondary N) is 1. The van der Waals surface area contributed by atoms with E-state index in [9.17, 15) is 9.59 Å². The van der Waals surface area contributed by atoms with E-state index in [1.807, 2.05) is 0 Å². The number of carbonyl (C=O) groups excluding carboxylic acids is 2. The second-order valence-electron chi connectivity index (χ2n) is 3.20. The Morgan fingerprint density at radius 3 is 2.88 bits per heavy atom. The molecule has 16 heavy (non-hydrogen) atoms. The Bertz CT molecular complexity index is 490. The molecule has 2 amide bonds. The number of hydrogen-bond acceptors (Lipinski definition) is 4. The average molecular weight is 236 g/mol. The van der Waals surface area contributed by atoms with E-state index in [0.717, 1.165) is 0 Å². The highest BCUT2D eigenvalue weighted by molar-refractivity contribution is 7.80. The highest BCUT2D eigenvalue weighted by Gasteiger charge is 2.30. The highest BCUT2D eigenvalue weighted by atomic mass is 32.1. The van der Waals surface area contributed by atoms with Gasteiger partial charge in [0, 0.05) is 7.05 Å². The molecule has 0 unspecified atom stereocenters. The van der Waals surface area contributed by atoms with Crippen LogP contribution in [0.15, 0.2) is 28.4 Å². The first-order valence-electron chi connectivity index (χ1n) is 4.48. The Morgan fingerprint density at radius 1 is 1.50 bits per heavy atom. The van der Waals surface area contributed by atoms with Crippen molar-refractivity contribution in [2.75, 3.05) is 7.05 Å². The van der Waals surface area contributed by atoms with Gasteiger partial charge in [0.15, 0.2) is 5.11 Å². The van der Waals surface area contributed by atoms with E-state index in [0.29, 0.717) is 5.76 Å². The van der Waals surface area contributed by atoms with Crippen LogP contribution >= 0.6 is 12.2 Å². The lowest BCUT2D eigenvalue weighted by Crippen LogP contribution is -2.52. The fraction of sp³-hybridized carbons (Fsp3) is 0.100. The van der Waals surface area contributed by atoms with Crippen molar-refractivity contribution in [1.29, 1.82) is 0 Å². The van der Waals surface area contributed by atoms with Gasteiger partial charge < -0.3 is 4.42 Å². The van der Waals surface area contributed by atoms with Crippen LogP contribution in [0.25, 0.3) is 6.08 Å². The molecule has 0 aromatic carbocycles. The summed E-state index contributed by atoms with van der Waals surface area (Å²) in [6.45, 7) is 0. The maximum absolute atomic E-state index is 11.7. The molecule has 1 saturated heterocycles. The van der Waals surface area contributed by atoms with Gasteiger partial charge in [0.2, 0.25) is 0 Å². The summed E-state index contributed by atoms with van der Waals surface area (Å²) >= 11 is 4.81. The maximum atomic E-state index is 11.7. The molecule has 2 rings (SSSR count). The first-order valence-corrected chi connectivity index (χ1v) is 4.89. The SMILES string of the molecule is CN1C(=O)/C(=C/c2ccco2)C(=O)NC1=S. The van der Waals surface area contributed by atoms with Crippen LogP contribution in [0.4, 0.5) is 0 Å². The minimum atomic E-state index is -0.510. The second kappa shape index (κ2) is 3.90. The minimum Gasteiger partial charge on any atom is -0.465 e. The number of likely N-dealkylation sites (N-methyl/N-ethyl adjacent to an activating group) is 1. The Morgan fingerprint density at radius 2 is 2.25 bits per heavy atom. The van der Waals surface area contributed by atoms with Gasteiger partial charge in [-0.25, -0.2) is 0 Å². The van der Waals surface area contributed by atoms with E-state index >= 15 is 0 Å². The van der Waals surface area contributed by atoms with Crippen LogP contribution in [0.1, 0.15) is 5.76 Å². The standard InChI is InChI=1S/C10H8N2O3S/c1-12-9(14)7(8(13)11-10(12)16)5-6-3-2-4-15-6/h2-5H,1H3,(H,11,13,16)/b7-5+. The monoisotopic (exact) mass is 236 g/mol. The van der Waals surface area contributed by atoms with Gasteiger partial charge in [-0.2, -0.15) is 0 Å². The Balaban J connectivity index is 2.37. The number of thiocarbonyl (C=S) groups is 1. The van der Waals surface area contributed by atoms with Crippen molar-refractivity contribution in [3.8, 4) is 0 Å². The fourth-order valence-corrected chi connectivity index (χ4v) is 1.44. The summed E-state index contributed by atoms with van der Waals surface area (Å²) in [5.74, 6) is -0.505. The summed E-state index contributed by atoms with van der Waals surface area (Å²) < 4.78 is 5.04. The second-order valence-corrected chi connectivity index (χ2v) is 3.58. The normalized spacial score (nSPS) is 19.2. The quantitative estimate of drug-likeness (QED) is 0.439. The molecule has 0 bridgehead atoms. The third kappa shape index (κ3) is 1.74. The van der Waals surface area contributed by atoms with Gasteiger partial charge in [0.1, 0.15) is 11.3 Å². The lowest BCUT2D eigenvalue weighted by Gasteiger charge is -2.24. The molecule has 0 atom stereocenters. The van der Waals surface area contributed by atoms with Crippen molar-refractivity contribution in [3.63, 3.8) is 0 Å². The van der Waals surface area contributed by atoms with E-state index < -0.39 is 11.8 Å². The van der Waals surface area contributed by atoms with Crippen LogP contribution in [0.3, 0.4) is 0 Å². The summed E-state index contributed by atoms with van der Waals surface area (Å²) in [4.78, 5) is 24.5. The van der Waals surface area contributed by atoms with E-state index in [4.69, 9.17) is 16.6 Å². The lowest BCUT2D eigenvalue weighted by molar-refractivity contribution is -0.128. The zero-order valence-corrected chi connectivity index (χ0v) is 9.21. The third-order valence-electron chi connectivity index (χ3n) is 2.13. The maximum Gasteiger partial charge on any atom is 0.265 e. The molecule has 0 saturated carbocycles. The molecule has 1 aliphatic rings. The van der Waals surface area contributed by atoms with Gasteiger partial charge >= 0.3 is 0 Å². The predicted octanol–water partition coefficient (Wildman–Crippen LogP) is 0.536. The Labute approximate surface area is 96.7 Å². The number of amides is 2. The molecule has 1 fully saturated rings. The fourth-order valence-electron chi connectivity index (χ4n) is 1.26. The van der Waals surface area contributed by atoms with Crippen molar-refractivity contribution in [2.45, 2.75) is 0 Å². The summed E-state index contributed by atoms with van der Waals surface area (Å²) in [7, 11) is 1.50. The van der Waals surface area contributed by atoms with Crippen molar-refractivity contribution in [1.82, 2.24) is 10.2 Å². The van der Waals surface area contributed by atoms with E-state index in [1.54, 1.807) is 12.1 Å². The molecule has 1 N–H and O–H groups in total. The summed E-state index contributed by atoms with van der Waals surface area (Å²) in [5.41, 5.74) is 0.00560. The zero-order valence-electron chi connectivity index (χ0n) is 8.39. The van der Waals surface area contributed by atoms with Gasteiger partial charge in [-0.05, 0) is 30.4 Å². The molecule has 0 radical (unpaired) electrons. The summed E-state index contributed by atoms with van der Waals surface area (Å²) in [5, 5.41) is 2.51. The van der Waals surface area contributed by atoms with Crippen LogP contribution in [-0.4, -0.2) is 28.9 Å². The smallest absolute Gasteiger partial charge is 0.265 e. The van der Waals surface area contributed by atoms with Gasteiger partial charge in [-0.15, -0.1) is 0 Å². The minimum absolute atomic E-state index is 0.00560. The molecule has 0 aliphatic carbocycles. The van der Waals surface area contributed by atoms with Gasteiger partial charge in [-0.1, -0.05) is 0 Å². The molecule has 1 aromatic rings. The van der Waals surface area contributed by atoms with Crippen molar-refractivity contribution in [3.05, 3.63) is 29.7 Å². The molecular weight excluding hydrogens is 228 g/mol. The Hall–Kier alpha value is -1.95. The van der Waals surface area contributed by atoms with Crippen molar-refractivity contribution >= 4 is 35.2 Å². The van der Waals surface area contributed by atoms with Gasteiger partial charge in [0.25, 0.3) is 11.8 Å². The molecule has 6 heteroatoms. The molecule has 0 spiro atoms. The number of furan rings is 1. The zero-order chi connectivity index (χ0) is 11.7. The highest BCUT2D eigenvalue weighted by Crippen LogP contribution is 2.13. The molecule has 5 nitrogen and oxygen atoms in total. The van der Waals surface area contributed by atoms with Crippen LogP contribution in [0.2, 0.25) is 0 Å². The van der Waals surface area contributed by atoms with E-state index in [1.165, 1.54) is 24.3 Å². The Kier molecular flexibility index (Phi) is 2.57. The van der Waals surface area contributed by atoms with Gasteiger partial charge in [-0.3, -0.25) is 19.8 Å². The van der Waals surface area contributed by atoms with Crippen LogP contribution < -0.4 is 5.32 Å². The molecule has 82 valence electrons. The first kappa shape index (κ1) is 10.6. The topological polar surface area (TPSA) is 62.6 Å². The van der Waals surface area contributed by atoms with Crippen LogP contribution in [0.5, 0.6) is 0 Å². The molecule has 1 aromatic heterocycles. The third-order valence-corrected chi connectivity index (χ3v) is 2.51. The first-order chi connectivity index (χ1) is 7.59. The summed E-state index contributed by atoms with van der Waals surface area (Å²) in [6, 6.07) is 3.33. The predicted molar refractivity (Wildman–Crippen MR) is 60.2 cm³/mol. The van der Waals surface area contributed by atoms with Gasteiger partial charge in [0.05, 0.1) is 6.26 Å². The molecular formula is C10H8N2O3S. The van der Waals surface area contributed by atoms with E-state index in [-0.39, 0.29) is 10.7 Å². The molecule has 2 heterocycles. The number of hydrogen-bond donors (Lipinski definition) is 1. The largest absolute Gasteiger partial charge is 0.465 e. The number of nitrogens with zero attached hydrogens (tertiary/aromatic N) is 1. The number of rotatable bonds is 1. The van der Waals surface area contributed by atoms with Crippen molar-refractivity contribution < 1.29 is 14.0 Å².